The summed E-state index contributed by atoms with van der Waals surface area (Å²) in [5.41, 5.74) is 0. The Bertz CT molecular complexity index is 569. The maximum atomic E-state index is 6.96. The highest BCUT2D eigenvalue weighted by molar-refractivity contribution is 6.97. The van der Waals surface area contributed by atoms with Gasteiger partial charge in [-0.15, -0.1) is 6.58 Å². The molecule has 2 aromatic rings. The molecule has 0 aliphatic heterocycles. The smallest absolute Gasteiger partial charge is 0.256 e. The van der Waals surface area contributed by atoms with Crippen molar-refractivity contribution in [1.29, 1.82) is 0 Å². The summed E-state index contributed by atoms with van der Waals surface area (Å²) in [5.74, 6) is 0. The molecule has 0 N–H and O–H groups in total. The van der Waals surface area contributed by atoms with Crippen molar-refractivity contribution >= 4 is 18.7 Å². The zero-order valence-corrected chi connectivity index (χ0v) is 16.8. The maximum absolute atomic E-state index is 6.96. The lowest BCUT2D eigenvalue weighted by Gasteiger charge is -2.35. The zero-order valence-electron chi connectivity index (χ0n) is 15.8. The number of hydrogen-bond acceptors (Lipinski definition) is 1. The largest absolute Gasteiger partial charge is 0.405 e. The third kappa shape index (κ3) is 5.42. The van der Waals surface area contributed by atoms with E-state index in [0.717, 1.165) is 25.3 Å². The minimum absolute atomic E-state index is 0.267. The van der Waals surface area contributed by atoms with Crippen LogP contribution in [0.4, 0.5) is 0 Å². The molecule has 0 amide bonds. The molecule has 0 bridgehead atoms. The van der Waals surface area contributed by atoms with Crippen LogP contribution in [0.3, 0.4) is 0 Å². The van der Waals surface area contributed by atoms with Crippen LogP contribution < -0.4 is 10.4 Å². The van der Waals surface area contributed by atoms with Crippen molar-refractivity contribution in [2.75, 3.05) is 0 Å². The summed E-state index contributed by atoms with van der Waals surface area (Å²) in [6, 6.07) is 23.0. The quantitative estimate of drug-likeness (QED) is 0.303. The van der Waals surface area contributed by atoms with Gasteiger partial charge in [0.2, 0.25) is 0 Å². The number of rotatable bonds is 11. The van der Waals surface area contributed by atoms with Crippen molar-refractivity contribution in [1.82, 2.24) is 0 Å². The van der Waals surface area contributed by atoms with Crippen LogP contribution in [0.1, 0.15) is 46.0 Å². The van der Waals surface area contributed by atoms with Crippen LogP contribution in [0.15, 0.2) is 73.3 Å². The first kappa shape index (κ1) is 19.7. The molecule has 0 saturated carbocycles. The van der Waals surface area contributed by atoms with Crippen LogP contribution in [-0.4, -0.2) is 14.4 Å². The Morgan fingerprint density at radius 3 is 2.00 bits per heavy atom. The van der Waals surface area contributed by atoms with Gasteiger partial charge in [-0.05, 0) is 42.6 Å². The van der Waals surface area contributed by atoms with Crippen LogP contribution in [0.25, 0.3) is 0 Å². The van der Waals surface area contributed by atoms with E-state index in [1.165, 1.54) is 23.2 Å². The average molecular weight is 353 g/mol. The van der Waals surface area contributed by atoms with E-state index in [1.54, 1.807) is 0 Å². The fourth-order valence-electron chi connectivity index (χ4n) is 3.44. The van der Waals surface area contributed by atoms with E-state index in [4.69, 9.17) is 4.43 Å². The number of hydrogen-bond donors (Lipinski definition) is 0. The lowest BCUT2D eigenvalue weighted by atomic mass is 10.2. The molecule has 2 rings (SSSR count). The first-order valence-electron chi connectivity index (χ1n) is 9.62. The molecule has 0 saturated heterocycles. The van der Waals surface area contributed by atoms with Gasteiger partial charge >= 0.3 is 0 Å². The molecule has 1 atom stereocenters. The molecule has 2 aromatic carbocycles. The zero-order chi connectivity index (χ0) is 18.0. The molecule has 0 heterocycles. The van der Waals surface area contributed by atoms with Gasteiger partial charge in [0.25, 0.3) is 8.32 Å². The summed E-state index contributed by atoms with van der Waals surface area (Å²) in [7, 11) is -2.22. The summed E-state index contributed by atoms with van der Waals surface area (Å²) < 4.78 is 6.96. The fraction of sp³-hybridized carbons (Fsp3) is 0.391. The third-order valence-electron chi connectivity index (χ3n) is 4.78. The van der Waals surface area contributed by atoms with Gasteiger partial charge in [0, 0.05) is 6.10 Å². The van der Waals surface area contributed by atoms with Crippen molar-refractivity contribution in [2.45, 2.75) is 58.1 Å². The molecule has 134 valence electrons. The predicted octanol–water partition coefficient (Wildman–Crippen LogP) is 5.31. The van der Waals surface area contributed by atoms with E-state index < -0.39 is 8.32 Å². The molecule has 0 radical (unpaired) electrons. The van der Waals surface area contributed by atoms with Gasteiger partial charge in [-0.3, -0.25) is 0 Å². The minimum atomic E-state index is -2.22. The van der Waals surface area contributed by atoms with Crippen molar-refractivity contribution in [2.24, 2.45) is 0 Å². The van der Waals surface area contributed by atoms with Gasteiger partial charge in [0.05, 0.1) is 0 Å². The second-order valence-electron chi connectivity index (χ2n) is 6.81. The Labute approximate surface area is 154 Å². The van der Waals surface area contributed by atoms with Gasteiger partial charge in [0.15, 0.2) is 0 Å². The Balaban J connectivity index is 2.38. The Hall–Kier alpha value is -1.64. The van der Waals surface area contributed by atoms with E-state index in [1.807, 2.05) is 6.08 Å². The molecule has 1 unspecified atom stereocenters. The van der Waals surface area contributed by atoms with Crippen LogP contribution in [0.5, 0.6) is 0 Å². The van der Waals surface area contributed by atoms with Gasteiger partial charge in [-0.2, -0.15) is 0 Å². The number of allylic oxidation sites excluding steroid dienone is 1. The standard InChI is InChI=1S/C23H32OSi/c1-4-6-10-15-21(3)24-25(20-7-5-2,22-16-11-8-12-17-22)23-18-13-9-14-19-23/h4,8-9,11-14,16-19,21H,1,5-7,10,15,20H2,2-3H3. The SMILES string of the molecule is C=CCCCC(C)O[Si](CCCC)(c1ccccc1)c1ccccc1. The summed E-state index contributed by atoms with van der Waals surface area (Å²) in [6.45, 7) is 8.34. The lowest BCUT2D eigenvalue weighted by molar-refractivity contribution is 0.203. The second kappa shape index (κ2) is 10.4. The van der Waals surface area contributed by atoms with Gasteiger partial charge in [-0.25, -0.2) is 0 Å². The van der Waals surface area contributed by atoms with Gasteiger partial charge in [-0.1, -0.05) is 86.5 Å². The molecular formula is C23H32OSi. The normalized spacial score (nSPS) is 12.7. The summed E-state index contributed by atoms with van der Waals surface area (Å²) in [6.07, 6.45) is 7.97. The number of unbranched alkanes of at least 4 members (excludes halogenated alkanes) is 2. The van der Waals surface area contributed by atoms with Crippen molar-refractivity contribution in [3.63, 3.8) is 0 Å². The first-order valence-corrected chi connectivity index (χ1v) is 11.7. The molecule has 1 nitrogen and oxygen atoms in total. The van der Waals surface area contributed by atoms with Crippen LogP contribution in [0, 0.1) is 0 Å². The lowest BCUT2D eigenvalue weighted by Crippen LogP contribution is -2.62. The molecule has 0 aromatic heterocycles. The minimum Gasteiger partial charge on any atom is -0.405 e. The topological polar surface area (TPSA) is 9.23 Å². The van der Waals surface area contributed by atoms with E-state index >= 15 is 0 Å². The predicted molar refractivity (Wildman–Crippen MR) is 112 cm³/mol. The van der Waals surface area contributed by atoms with Gasteiger partial charge in [0.1, 0.15) is 0 Å². The highest BCUT2D eigenvalue weighted by Crippen LogP contribution is 2.21. The van der Waals surface area contributed by atoms with E-state index in [0.29, 0.717) is 0 Å². The van der Waals surface area contributed by atoms with Crippen molar-refractivity contribution in [3.8, 4) is 0 Å². The second-order valence-corrected chi connectivity index (χ2v) is 10.4. The third-order valence-corrected chi connectivity index (χ3v) is 9.18. The Morgan fingerprint density at radius 2 is 1.52 bits per heavy atom. The van der Waals surface area contributed by atoms with E-state index in [9.17, 15) is 0 Å². The van der Waals surface area contributed by atoms with E-state index in [-0.39, 0.29) is 6.10 Å². The molecule has 2 heteroatoms. The molecular weight excluding hydrogens is 320 g/mol. The molecule has 0 aliphatic carbocycles. The maximum Gasteiger partial charge on any atom is 0.256 e. The highest BCUT2D eigenvalue weighted by atomic mass is 28.4. The summed E-state index contributed by atoms with van der Waals surface area (Å²) >= 11 is 0. The van der Waals surface area contributed by atoms with Gasteiger partial charge < -0.3 is 4.43 Å². The average Bonchev–Trinajstić information content (AvgIpc) is 2.67. The molecule has 0 spiro atoms. The molecule has 25 heavy (non-hydrogen) atoms. The van der Waals surface area contributed by atoms with E-state index in [2.05, 4.69) is 81.1 Å². The number of benzene rings is 2. The molecule has 0 fully saturated rings. The van der Waals surface area contributed by atoms with Crippen molar-refractivity contribution in [3.05, 3.63) is 73.3 Å². The Morgan fingerprint density at radius 1 is 0.960 bits per heavy atom. The monoisotopic (exact) mass is 352 g/mol. The summed E-state index contributed by atoms with van der Waals surface area (Å²) in [5, 5.41) is 2.79. The Kier molecular flexibility index (Phi) is 8.16. The fourth-order valence-corrected chi connectivity index (χ4v) is 7.86. The molecule has 0 aliphatic rings. The van der Waals surface area contributed by atoms with Crippen LogP contribution in [-0.2, 0) is 4.43 Å². The highest BCUT2D eigenvalue weighted by Gasteiger charge is 2.40. The summed E-state index contributed by atoms with van der Waals surface area (Å²) in [4.78, 5) is 0. The van der Waals surface area contributed by atoms with Crippen molar-refractivity contribution < 1.29 is 4.43 Å². The first-order chi connectivity index (χ1) is 12.2. The van der Waals surface area contributed by atoms with Crippen LogP contribution >= 0.6 is 0 Å². The van der Waals surface area contributed by atoms with Crippen LogP contribution in [0.2, 0.25) is 6.04 Å².